The van der Waals surface area contributed by atoms with Crippen molar-refractivity contribution in [2.24, 2.45) is 0 Å². The van der Waals surface area contributed by atoms with Crippen LogP contribution in [0.5, 0.6) is 0 Å². The van der Waals surface area contributed by atoms with Gasteiger partial charge in [0.1, 0.15) is 5.69 Å². The van der Waals surface area contributed by atoms with Gasteiger partial charge in [-0.3, -0.25) is 9.59 Å². The zero-order chi connectivity index (χ0) is 20.0. The molecule has 3 aromatic rings. The van der Waals surface area contributed by atoms with E-state index in [0.717, 1.165) is 43.5 Å². The Hall–Kier alpha value is -3.03. The normalized spacial score (nSPS) is 14.7. The van der Waals surface area contributed by atoms with Crippen LogP contribution >= 0.6 is 0 Å². The number of H-pyrrole nitrogens is 2. The molecule has 1 atom stereocenters. The average molecular weight is 386 g/mol. The molecule has 1 aliphatic rings. The Morgan fingerprint density at radius 2 is 1.82 bits per heavy atom. The molecule has 2 heterocycles. The maximum absolute atomic E-state index is 13.8. The van der Waals surface area contributed by atoms with Gasteiger partial charge in [0.05, 0.1) is 17.1 Å². The Balaban J connectivity index is 1.70. The largest absolute Gasteiger partial charge is 0.354 e. The first-order valence-electron chi connectivity index (χ1n) is 9.22. The number of nitrogens with zero attached hydrogens (tertiary/aromatic N) is 2. The number of aromatic nitrogens is 3. The first kappa shape index (κ1) is 18.3. The highest BCUT2D eigenvalue weighted by Gasteiger charge is 2.25. The van der Waals surface area contributed by atoms with Gasteiger partial charge in [0.2, 0.25) is 0 Å². The molecule has 0 radical (unpaired) electrons. The average Bonchev–Trinajstić information content (AvgIpc) is 3.12. The lowest BCUT2D eigenvalue weighted by atomic mass is 9.98. The van der Waals surface area contributed by atoms with Gasteiger partial charge in [-0.1, -0.05) is 0 Å². The van der Waals surface area contributed by atoms with Crippen LogP contribution in [0.25, 0.3) is 10.8 Å². The predicted molar refractivity (Wildman–Crippen MR) is 100 cm³/mol. The summed E-state index contributed by atoms with van der Waals surface area (Å²) in [6, 6.07) is 3.11. The molecule has 1 aromatic carbocycles. The fourth-order valence-corrected chi connectivity index (χ4v) is 3.76. The van der Waals surface area contributed by atoms with Crippen molar-refractivity contribution in [3.63, 3.8) is 0 Å². The summed E-state index contributed by atoms with van der Waals surface area (Å²) in [6.07, 6.45) is 4.09. The van der Waals surface area contributed by atoms with Crippen LogP contribution in [0.15, 0.2) is 23.0 Å². The van der Waals surface area contributed by atoms with Crippen LogP contribution in [0.4, 0.5) is 8.78 Å². The third-order valence-corrected chi connectivity index (χ3v) is 5.50. The van der Waals surface area contributed by atoms with Gasteiger partial charge < -0.3 is 9.88 Å². The molecule has 8 heteroatoms. The molecule has 0 saturated heterocycles. The summed E-state index contributed by atoms with van der Waals surface area (Å²) in [4.78, 5) is 29.6. The molecule has 0 spiro atoms. The second-order valence-corrected chi connectivity index (χ2v) is 7.24. The molecule has 4 rings (SSSR count). The first-order valence-corrected chi connectivity index (χ1v) is 9.22. The zero-order valence-corrected chi connectivity index (χ0v) is 15.6. The van der Waals surface area contributed by atoms with Crippen molar-refractivity contribution < 1.29 is 13.6 Å². The number of aryl methyl sites for hydroxylation is 2. The van der Waals surface area contributed by atoms with Gasteiger partial charge >= 0.3 is 0 Å². The minimum absolute atomic E-state index is 0.00747. The molecule has 2 N–H and O–H groups in total. The third kappa shape index (κ3) is 2.98. The van der Waals surface area contributed by atoms with E-state index in [9.17, 15) is 18.4 Å². The van der Waals surface area contributed by atoms with Crippen molar-refractivity contribution in [3.8, 4) is 0 Å². The van der Waals surface area contributed by atoms with Gasteiger partial charge in [0, 0.05) is 18.1 Å². The second kappa shape index (κ2) is 6.85. The molecule has 0 saturated carbocycles. The van der Waals surface area contributed by atoms with E-state index in [1.807, 2.05) is 6.07 Å². The van der Waals surface area contributed by atoms with Crippen molar-refractivity contribution in [2.75, 3.05) is 7.05 Å². The van der Waals surface area contributed by atoms with Gasteiger partial charge in [-0.15, -0.1) is 0 Å². The van der Waals surface area contributed by atoms with Crippen molar-refractivity contribution >= 4 is 16.7 Å². The van der Waals surface area contributed by atoms with Crippen LogP contribution < -0.4 is 5.56 Å². The number of benzene rings is 1. The number of carbonyl (C=O) groups excluding carboxylic acids is 1. The highest BCUT2D eigenvalue weighted by Crippen LogP contribution is 2.27. The van der Waals surface area contributed by atoms with E-state index in [1.165, 1.54) is 10.5 Å². The number of hydrogen-bond acceptors (Lipinski definition) is 3. The maximum Gasteiger partial charge on any atom is 0.272 e. The van der Waals surface area contributed by atoms with E-state index in [1.54, 1.807) is 14.0 Å². The van der Waals surface area contributed by atoms with Crippen LogP contribution in [0.3, 0.4) is 0 Å². The lowest BCUT2D eigenvalue weighted by Gasteiger charge is -2.24. The number of carbonyl (C=O) groups is 1. The van der Waals surface area contributed by atoms with Crippen LogP contribution in [0.2, 0.25) is 0 Å². The van der Waals surface area contributed by atoms with Gasteiger partial charge in [0.15, 0.2) is 11.6 Å². The Labute approximate surface area is 159 Å². The van der Waals surface area contributed by atoms with Gasteiger partial charge in [0.25, 0.3) is 11.5 Å². The molecule has 6 nitrogen and oxygen atoms in total. The molecule has 0 unspecified atom stereocenters. The topological polar surface area (TPSA) is 81.8 Å². The van der Waals surface area contributed by atoms with Crippen LogP contribution in [0.1, 0.15) is 53.2 Å². The van der Waals surface area contributed by atoms with Gasteiger partial charge in [-0.25, -0.2) is 13.9 Å². The monoisotopic (exact) mass is 386 g/mol. The molecule has 28 heavy (non-hydrogen) atoms. The lowest BCUT2D eigenvalue weighted by molar-refractivity contribution is 0.0735. The Morgan fingerprint density at radius 1 is 1.14 bits per heavy atom. The maximum atomic E-state index is 13.8. The summed E-state index contributed by atoms with van der Waals surface area (Å²) in [7, 11) is 1.62. The van der Waals surface area contributed by atoms with Crippen molar-refractivity contribution in [2.45, 2.75) is 38.6 Å². The summed E-state index contributed by atoms with van der Waals surface area (Å²) in [5.74, 6) is -2.41. The van der Waals surface area contributed by atoms with E-state index >= 15 is 0 Å². The van der Waals surface area contributed by atoms with Crippen molar-refractivity contribution in [1.82, 2.24) is 20.1 Å². The smallest absolute Gasteiger partial charge is 0.272 e. The van der Waals surface area contributed by atoms with E-state index in [-0.39, 0.29) is 16.7 Å². The highest BCUT2D eigenvalue weighted by atomic mass is 19.2. The molecule has 0 fully saturated rings. The summed E-state index contributed by atoms with van der Waals surface area (Å²) in [5.41, 5.74) is 2.44. The SMILES string of the molecule is C[C@@H](c1n[nH]c(=O)c2cc(F)c(F)cc12)N(C)C(=O)c1cc2c([nH]1)CCCC2. The highest BCUT2D eigenvalue weighted by molar-refractivity contribution is 5.93. The molecular weight excluding hydrogens is 366 g/mol. The minimum Gasteiger partial charge on any atom is -0.354 e. The summed E-state index contributed by atoms with van der Waals surface area (Å²) in [5, 5.41) is 6.49. The Bertz CT molecular complexity index is 1110. The quantitative estimate of drug-likeness (QED) is 0.725. The molecule has 2 aromatic heterocycles. The van der Waals surface area contributed by atoms with Crippen molar-refractivity contribution in [3.05, 3.63) is 62.8 Å². The van der Waals surface area contributed by atoms with Gasteiger partial charge in [-0.2, -0.15) is 5.10 Å². The summed E-state index contributed by atoms with van der Waals surface area (Å²) >= 11 is 0. The fourth-order valence-electron chi connectivity index (χ4n) is 3.76. The van der Waals surface area contributed by atoms with Crippen LogP contribution in [-0.2, 0) is 12.8 Å². The number of rotatable bonds is 3. The van der Waals surface area contributed by atoms with E-state index in [2.05, 4.69) is 15.2 Å². The van der Waals surface area contributed by atoms with Crippen LogP contribution in [-0.4, -0.2) is 33.0 Å². The molecule has 146 valence electrons. The van der Waals surface area contributed by atoms with E-state index in [0.29, 0.717) is 11.4 Å². The fraction of sp³-hybridized carbons (Fsp3) is 0.350. The summed E-state index contributed by atoms with van der Waals surface area (Å²) < 4.78 is 27.3. The standard InChI is InChI=1S/C20H20F2N4O2/c1-10(18-12-8-14(21)15(22)9-13(12)19(27)25-24-18)26(2)20(28)17-7-11-5-3-4-6-16(11)23-17/h7-10,23H,3-6H2,1-2H3,(H,25,27)/t10-/m0/s1. The second-order valence-electron chi connectivity index (χ2n) is 7.24. The zero-order valence-electron chi connectivity index (χ0n) is 15.6. The number of fused-ring (bicyclic) bond motifs is 2. The lowest BCUT2D eigenvalue weighted by Crippen LogP contribution is -2.31. The van der Waals surface area contributed by atoms with Crippen LogP contribution in [0, 0.1) is 11.6 Å². The number of amides is 1. The van der Waals surface area contributed by atoms with E-state index < -0.39 is 23.2 Å². The first-order chi connectivity index (χ1) is 13.4. The number of nitrogens with one attached hydrogen (secondary N) is 2. The number of aromatic amines is 2. The predicted octanol–water partition coefficient (Wildman–Crippen LogP) is 3.24. The third-order valence-electron chi connectivity index (χ3n) is 5.50. The number of hydrogen-bond donors (Lipinski definition) is 2. The Kier molecular flexibility index (Phi) is 4.49. The molecular formula is C20H20F2N4O2. The molecule has 0 aliphatic heterocycles. The van der Waals surface area contributed by atoms with Crippen molar-refractivity contribution in [1.29, 1.82) is 0 Å². The van der Waals surface area contributed by atoms with E-state index in [4.69, 9.17) is 0 Å². The molecule has 0 bridgehead atoms. The van der Waals surface area contributed by atoms with Gasteiger partial charge in [-0.05, 0) is 56.4 Å². The Morgan fingerprint density at radius 3 is 2.54 bits per heavy atom. The molecule has 1 aliphatic carbocycles. The number of halogens is 2. The molecule has 1 amide bonds. The minimum atomic E-state index is -1.11. The summed E-state index contributed by atoms with van der Waals surface area (Å²) in [6.45, 7) is 1.72.